The third-order valence-corrected chi connectivity index (χ3v) is 31.6. The molecule has 802 valence electrons. The van der Waals surface area contributed by atoms with Gasteiger partial charge >= 0.3 is 18.1 Å². The Bertz CT molecular complexity index is 6590. The molecule has 0 spiro atoms. The minimum absolute atomic E-state index is 0.0144. The van der Waals surface area contributed by atoms with Crippen LogP contribution in [0.4, 0.5) is 34.9 Å². The molecule has 6 aliphatic rings. The van der Waals surface area contributed by atoms with Gasteiger partial charge in [-0.2, -0.15) is 9.97 Å². The molecular weight excluding hydrogens is 2140 g/mol. The Morgan fingerprint density at radius 3 is 1.08 bits per heavy atom. The quantitative estimate of drug-likeness (QED) is 0.0120. The number of aromatic nitrogens is 20. The summed E-state index contributed by atoms with van der Waals surface area (Å²) in [6.07, 6.45) is -20.7. The molecule has 28 atom stereocenters. The first-order chi connectivity index (χ1) is 69.8. The van der Waals surface area contributed by atoms with E-state index >= 15 is 14.4 Å². The predicted octanol–water partition coefficient (Wildman–Crippen LogP) is -1.69. The van der Waals surface area contributed by atoms with E-state index in [0.717, 1.165) is 17.2 Å². The minimum atomic E-state index is -5.22. The lowest BCUT2D eigenvalue weighted by molar-refractivity contribution is -0.222. The van der Waals surface area contributed by atoms with Gasteiger partial charge in [0.2, 0.25) is 0 Å². The molecule has 0 bridgehead atoms. The molecule has 0 amide bonds. The van der Waals surface area contributed by atoms with Gasteiger partial charge in [0.05, 0.1) is 137 Å². The topological polar surface area (TPSA) is 767 Å². The third kappa shape index (κ3) is 25.4. The third-order valence-electron chi connectivity index (χ3n) is 23.9. The van der Waals surface area contributed by atoms with Crippen molar-refractivity contribution < 1.29 is 150 Å². The van der Waals surface area contributed by atoms with E-state index in [0.29, 0.717) is 12.0 Å². The highest BCUT2D eigenvalue weighted by molar-refractivity contribution is 8.32. The average Bonchev–Trinajstić information content (AvgIpc) is 1.63. The Hall–Kier alpha value is -7.30. The molecule has 6 saturated heterocycles. The zero-order chi connectivity index (χ0) is 104. The Morgan fingerprint density at radius 1 is 0.390 bits per heavy atom. The summed E-state index contributed by atoms with van der Waals surface area (Å²) < 4.78 is 184. The van der Waals surface area contributed by atoms with Gasteiger partial charge in [-0.05, 0) is 32.1 Å². The molecular formula is C76H105N26O34P5S5-4. The summed E-state index contributed by atoms with van der Waals surface area (Å²) in [4.78, 5) is 145. The summed E-state index contributed by atoms with van der Waals surface area (Å²) in [5.41, 5.74) is 37.2. The van der Waals surface area contributed by atoms with Crippen LogP contribution in [0.1, 0.15) is 68.3 Å². The Balaban J connectivity index is 0.688. The fourth-order valence-corrected chi connectivity index (χ4v) is 24.1. The molecule has 70 heteroatoms. The van der Waals surface area contributed by atoms with E-state index in [1.807, 2.05) is 0 Å². The van der Waals surface area contributed by atoms with E-state index in [1.165, 1.54) is 109 Å². The summed E-state index contributed by atoms with van der Waals surface area (Å²) in [5, 5.41) is 11.9. The fraction of sp³-hybridized carbons (Fsp3) is 0.632. The van der Waals surface area contributed by atoms with Gasteiger partial charge in [0.1, 0.15) is 177 Å². The zero-order valence-corrected chi connectivity index (χ0v) is 87.3. The number of aliphatic hydroxyl groups is 1. The molecule has 0 aliphatic carbocycles. The lowest BCUT2D eigenvalue weighted by Crippen LogP contribution is -2.42. The summed E-state index contributed by atoms with van der Waals surface area (Å²) in [7, 11) is 7.00. The van der Waals surface area contributed by atoms with Gasteiger partial charge in [-0.3, -0.25) is 36.5 Å². The summed E-state index contributed by atoms with van der Waals surface area (Å²) >= 11 is 28.8. The van der Waals surface area contributed by atoms with Crippen LogP contribution in [-0.4, -0.2) is 346 Å². The van der Waals surface area contributed by atoms with Crippen LogP contribution < -0.4 is 60.5 Å². The number of fused-ring (bicyclic) bond motifs is 4. The van der Waals surface area contributed by atoms with Crippen molar-refractivity contribution in [2.45, 2.75) is 175 Å². The van der Waals surface area contributed by atoms with Crippen molar-refractivity contribution in [1.29, 1.82) is 0 Å². The van der Waals surface area contributed by atoms with Gasteiger partial charge in [-0.1, -0.05) is 42.3 Å². The normalized spacial score (nSPS) is 29.2. The standard InChI is InChI=1S/C76H109N26O34P5S5/c1-9-38-39(20-45(126-38)97-21-36(2)60(77)95-75(97)104)132-137(106,142)122-24-42-52(57(118-17-12-113-6)72(129-42)100-33-92-47-63(80)84-29-88-67(47)100)134-140(109,145)124-26-44-54(59(120-19-14-115-8)74(131-44)102-35-94-49-65(82)86-31-90-69(49)102)136-141(110,146)125-27-43-53(58(119-18-13-114-7)73(130-43)101-34-93-48-64(81)85-30-89-68(48)101)135-139(108,144)123-25-41-51(56(117-16-11-112-5)71(128-41)98-22-37(3)61(78)96-76(98)105)133-138(107,143)121-23-40-50(103)55(116-15-10-111-4)70(127-40)99-32-91-46-62(79)83-28-87-66(46)99/h21-22,28-35,38-45,50-59,70-74,103H,9-20,23-27H2,1-8H3,(H,106,142)(H,107,143)(H,108,144)(H,109,145)(H,110,146)(H2,77,95,104)(H2,78,96,105)(H2,79,83,87)(H2,80,84,88)(H2,81,85,89)(H2,82,86,90)/p-4/t38-,39?,40-,41-,42-,43-,44-,45-,50?,51?,52?,53?,54?,55+,56+,57+,58+,59+,70-,71-,72-,73-,74-,137?,138?,139?,140?,141?/m1/s1. The smallest absolute Gasteiger partial charge is 0.351 e. The van der Waals surface area contributed by atoms with Crippen LogP contribution in [0, 0.1) is 13.8 Å². The number of nitrogens with zero attached hydrogens (tertiary/aromatic N) is 20. The lowest BCUT2D eigenvalue weighted by Gasteiger charge is -2.37. The van der Waals surface area contributed by atoms with Crippen LogP contribution in [-0.2, 0) is 185 Å². The summed E-state index contributed by atoms with van der Waals surface area (Å²) in [6.45, 7) is -25.6. The first-order valence-electron chi connectivity index (χ1n) is 44.6. The number of aryl methyl sites for hydroxylation is 2. The maximum atomic E-state index is 15.7. The van der Waals surface area contributed by atoms with Crippen molar-refractivity contribution in [2.75, 3.05) is 169 Å². The molecule has 60 nitrogen and oxygen atoms in total. The van der Waals surface area contributed by atoms with Crippen molar-refractivity contribution in [3.8, 4) is 0 Å². The maximum absolute atomic E-state index is 15.7. The monoisotopic (exact) mass is 2240 g/mol. The van der Waals surface area contributed by atoms with Crippen molar-refractivity contribution >= 4 is 173 Å². The molecule has 11 unspecified atom stereocenters. The van der Waals surface area contributed by atoms with Crippen LogP contribution in [0.3, 0.4) is 0 Å². The summed E-state index contributed by atoms with van der Waals surface area (Å²) in [5.74, 6) is -0.246. The Morgan fingerprint density at radius 2 is 0.699 bits per heavy atom. The largest absolute Gasteiger partial charge is 0.780 e. The van der Waals surface area contributed by atoms with Gasteiger partial charge in [-0.15, -0.1) is 0 Å². The highest BCUT2D eigenvalue weighted by atomic mass is 32.7. The second kappa shape index (κ2) is 48.3. The molecule has 10 aromatic heterocycles. The van der Waals surface area contributed by atoms with Crippen molar-refractivity contribution in [1.82, 2.24) is 97.2 Å². The molecule has 16 rings (SSSR count). The number of hydrogen-bond acceptors (Lipinski definition) is 58. The predicted molar refractivity (Wildman–Crippen MR) is 515 cm³/mol. The van der Waals surface area contributed by atoms with E-state index < -0.39 is 219 Å². The number of aliphatic hydroxyl groups excluding tert-OH is 1. The second-order valence-corrected chi connectivity index (χ2v) is 46.8. The molecule has 0 saturated carbocycles. The molecule has 14 N–H and O–H groups in total. The van der Waals surface area contributed by atoms with Crippen molar-refractivity contribution in [3.63, 3.8) is 0 Å². The van der Waals surface area contributed by atoms with E-state index in [4.69, 9.17) is 215 Å². The van der Waals surface area contributed by atoms with Gasteiger partial charge < -0.3 is 188 Å². The maximum Gasteiger partial charge on any atom is 0.351 e. The number of nitrogens with two attached hydrogens (primary N) is 6. The average molecular weight is 2240 g/mol. The van der Waals surface area contributed by atoms with Crippen LogP contribution in [0.25, 0.3) is 44.7 Å². The van der Waals surface area contributed by atoms with Gasteiger partial charge in [0.25, 0.3) is 0 Å². The minimum Gasteiger partial charge on any atom is -0.780 e. The number of methoxy groups -OCH3 is 5. The highest BCUT2D eigenvalue weighted by Gasteiger charge is 2.57. The van der Waals surface area contributed by atoms with E-state index in [2.05, 4.69) is 69.8 Å². The number of anilines is 6. The molecule has 0 radical (unpaired) electrons. The molecule has 6 aliphatic heterocycles. The number of rotatable bonds is 52. The van der Waals surface area contributed by atoms with Gasteiger partial charge in [0, 0.05) is 65.5 Å². The number of nitrogen functional groups attached to an aromatic ring is 6. The zero-order valence-electron chi connectivity index (χ0n) is 78.7. The van der Waals surface area contributed by atoms with Gasteiger partial charge in [0.15, 0.2) is 83.8 Å². The lowest BCUT2D eigenvalue weighted by atomic mass is 10.1. The number of ether oxygens (including phenoxy) is 16. The molecule has 16 heterocycles. The van der Waals surface area contributed by atoms with Crippen LogP contribution in [0.5, 0.6) is 0 Å². The Labute approximate surface area is 854 Å². The first kappa shape index (κ1) is 111. The van der Waals surface area contributed by atoms with Crippen LogP contribution in [0.2, 0.25) is 0 Å². The SMILES string of the molecule is CC[C@H]1O[C@@H](n2cc(C)c(N)nc2=O)CC1OP([O-])(=S)OC[C@H]1O[C@@H](n2cnc3c(N)ncnc32)[C@@H](OCCOC)C1OP(=O)([S-])OC[C@H]1O[C@@H](n2cnc3c(N)ncnc32)[C@@H](OCCOC)C1OP(O)(=S)OC[C@H]1O[C@@H](n2cnc3c(N)ncnc32)[C@@H](OCCOC)C1OP([O-])(=S)OC[C@H]1O[C@@H](n2cc(C)c(N)nc2=O)[C@@H](OCCOC)C1OP([O-])(=S)OC[C@H]1O[C@@H](n2cnc3c(N)ncnc32)[C@@H](OCCOC)C1O. The second-order valence-electron chi connectivity index (χ2n) is 33.2. The van der Waals surface area contributed by atoms with Gasteiger partial charge in [-0.25, -0.2) is 69.4 Å². The van der Waals surface area contributed by atoms with E-state index in [-0.39, 0.29) is 158 Å². The number of hydrogen-bond donors (Lipinski definition) is 8. The highest BCUT2D eigenvalue weighted by Crippen LogP contribution is 2.58. The fourth-order valence-electron chi connectivity index (χ4n) is 16.9. The van der Waals surface area contributed by atoms with Crippen molar-refractivity contribution in [3.05, 3.63) is 95.1 Å². The van der Waals surface area contributed by atoms with E-state index in [9.17, 15) is 24.5 Å². The molecule has 10 aromatic rings. The van der Waals surface area contributed by atoms with Crippen LogP contribution in [0.15, 0.2) is 72.6 Å². The first-order valence-corrected chi connectivity index (χ1v) is 57.4. The number of imidazole rings is 4. The molecule has 6 fully saturated rings. The van der Waals surface area contributed by atoms with Crippen molar-refractivity contribution in [2.24, 2.45) is 0 Å². The van der Waals surface area contributed by atoms with Crippen LogP contribution >= 0.6 is 33.7 Å². The summed E-state index contributed by atoms with van der Waals surface area (Å²) in [6, 6.07) is 0. The van der Waals surface area contributed by atoms with E-state index in [1.54, 1.807) is 20.8 Å². The molecule has 146 heavy (non-hydrogen) atoms. The Kier molecular flexibility index (Phi) is 36.9. The molecule has 0 aromatic carbocycles.